The van der Waals surface area contributed by atoms with Crippen LogP contribution in [0.4, 0.5) is 5.69 Å². The van der Waals surface area contributed by atoms with Gasteiger partial charge in [0.25, 0.3) is 0 Å². The van der Waals surface area contributed by atoms with Gasteiger partial charge in [-0.2, -0.15) is 0 Å². The molecule has 3 heteroatoms. The zero-order chi connectivity index (χ0) is 13.1. The average Bonchev–Trinajstić information content (AvgIpc) is 2.41. The van der Waals surface area contributed by atoms with Crippen molar-refractivity contribution in [3.05, 3.63) is 42.0 Å². The van der Waals surface area contributed by atoms with Gasteiger partial charge in [-0.25, -0.2) is 0 Å². The fraction of sp³-hybridized carbons (Fsp3) is 0.200. The first-order valence-electron chi connectivity index (χ1n) is 5.75. The summed E-state index contributed by atoms with van der Waals surface area (Å²) in [6, 6.07) is 11.6. The third-order valence-corrected chi connectivity index (χ3v) is 3.07. The Hall–Kier alpha value is -2.16. The molecule has 0 aliphatic rings. The maximum atomic E-state index is 5.95. The summed E-state index contributed by atoms with van der Waals surface area (Å²) in [6.07, 6.45) is 0. The molecule has 18 heavy (non-hydrogen) atoms. The molecule has 0 saturated heterocycles. The van der Waals surface area contributed by atoms with E-state index in [9.17, 15) is 0 Å². The highest BCUT2D eigenvalue weighted by Gasteiger charge is 2.11. The van der Waals surface area contributed by atoms with Crippen LogP contribution in [0.5, 0.6) is 11.5 Å². The van der Waals surface area contributed by atoms with Gasteiger partial charge in [0.15, 0.2) is 0 Å². The van der Waals surface area contributed by atoms with Crippen LogP contribution in [0.2, 0.25) is 0 Å². The topological polar surface area (TPSA) is 44.5 Å². The molecule has 2 aromatic rings. The van der Waals surface area contributed by atoms with Crippen LogP contribution in [0.3, 0.4) is 0 Å². The van der Waals surface area contributed by atoms with Crippen LogP contribution < -0.4 is 15.2 Å². The maximum Gasteiger partial charge on any atom is 0.126 e. The Bertz CT molecular complexity index is 564. The molecule has 0 radical (unpaired) electrons. The second kappa shape index (κ2) is 5.00. The highest BCUT2D eigenvalue weighted by molar-refractivity contribution is 5.78. The first-order valence-corrected chi connectivity index (χ1v) is 5.75. The van der Waals surface area contributed by atoms with E-state index in [-0.39, 0.29) is 0 Å². The molecule has 3 nitrogen and oxygen atoms in total. The van der Waals surface area contributed by atoms with Crippen molar-refractivity contribution in [2.45, 2.75) is 6.92 Å². The predicted molar refractivity (Wildman–Crippen MR) is 74.1 cm³/mol. The normalized spacial score (nSPS) is 10.2. The largest absolute Gasteiger partial charge is 0.497 e. The van der Waals surface area contributed by atoms with Gasteiger partial charge in [0, 0.05) is 11.3 Å². The number of nitrogen functional groups attached to an aromatic ring is 1. The van der Waals surface area contributed by atoms with Crippen molar-refractivity contribution in [3.63, 3.8) is 0 Å². The fourth-order valence-corrected chi connectivity index (χ4v) is 1.97. The summed E-state index contributed by atoms with van der Waals surface area (Å²) in [7, 11) is 3.31. The van der Waals surface area contributed by atoms with E-state index in [0.29, 0.717) is 0 Å². The molecule has 2 aromatic carbocycles. The molecule has 0 aliphatic heterocycles. The van der Waals surface area contributed by atoms with Crippen LogP contribution in [0.1, 0.15) is 5.56 Å². The van der Waals surface area contributed by atoms with Crippen LogP contribution in [0, 0.1) is 6.92 Å². The van der Waals surface area contributed by atoms with Crippen molar-refractivity contribution in [3.8, 4) is 22.6 Å². The molecule has 0 saturated carbocycles. The fourth-order valence-electron chi connectivity index (χ4n) is 1.97. The first kappa shape index (κ1) is 12.3. The van der Waals surface area contributed by atoms with Crippen molar-refractivity contribution < 1.29 is 9.47 Å². The van der Waals surface area contributed by atoms with E-state index < -0.39 is 0 Å². The van der Waals surface area contributed by atoms with Crippen LogP contribution >= 0.6 is 0 Å². The smallest absolute Gasteiger partial charge is 0.126 e. The lowest BCUT2D eigenvalue weighted by molar-refractivity contribution is 0.404. The Morgan fingerprint density at radius 2 is 1.72 bits per heavy atom. The Morgan fingerprint density at radius 3 is 2.39 bits per heavy atom. The zero-order valence-corrected chi connectivity index (χ0v) is 10.9. The molecule has 0 bridgehead atoms. The van der Waals surface area contributed by atoms with Gasteiger partial charge in [-0.05, 0) is 42.3 Å². The van der Waals surface area contributed by atoms with E-state index in [1.165, 1.54) is 0 Å². The van der Waals surface area contributed by atoms with Gasteiger partial charge in [-0.15, -0.1) is 0 Å². The zero-order valence-electron chi connectivity index (χ0n) is 10.9. The summed E-state index contributed by atoms with van der Waals surface area (Å²) in [5, 5.41) is 0. The lowest BCUT2D eigenvalue weighted by atomic mass is 9.98. The SMILES string of the molecule is COc1ccc(OC)c(-c2cccc(N)c2C)c1. The molecule has 2 N–H and O–H groups in total. The van der Waals surface area contributed by atoms with E-state index in [1.807, 2.05) is 43.3 Å². The summed E-state index contributed by atoms with van der Waals surface area (Å²) in [5.41, 5.74) is 9.82. The molecule has 0 atom stereocenters. The summed E-state index contributed by atoms with van der Waals surface area (Å²) in [4.78, 5) is 0. The van der Waals surface area contributed by atoms with E-state index in [0.717, 1.165) is 33.9 Å². The van der Waals surface area contributed by atoms with Gasteiger partial charge in [0.05, 0.1) is 14.2 Å². The van der Waals surface area contributed by atoms with Gasteiger partial charge in [-0.1, -0.05) is 12.1 Å². The first-order chi connectivity index (χ1) is 8.67. The molecule has 0 heterocycles. The monoisotopic (exact) mass is 243 g/mol. The van der Waals surface area contributed by atoms with Gasteiger partial charge in [0.2, 0.25) is 0 Å². The predicted octanol–water partition coefficient (Wildman–Crippen LogP) is 3.26. The molecule has 0 amide bonds. The van der Waals surface area contributed by atoms with E-state index >= 15 is 0 Å². The molecular weight excluding hydrogens is 226 g/mol. The molecule has 0 aliphatic carbocycles. The van der Waals surface area contributed by atoms with E-state index in [2.05, 4.69) is 0 Å². The number of hydrogen-bond acceptors (Lipinski definition) is 3. The number of rotatable bonds is 3. The second-order valence-electron chi connectivity index (χ2n) is 4.09. The van der Waals surface area contributed by atoms with Gasteiger partial charge >= 0.3 is 0 Å². The van der Waals surface area contributed by atoms with Crippen LogP contribution in [0.15, 0.2) is 36.4 Å². The number of benzene rings is 2. The molecule has 0 unspecified atom stereocenters. The van der Waals surface area contributed by atoms with Crippen molar-refractivity contribution in [2.75, 3.05) is 20.0 Å². The molecule has 0 spiro atoms. The van der Waals surface area contributed by atoms with Crippen molar-refractivity contribution >= 4 is 5.69 Å². The van der Waals surface area contributed by atoms with Crippen molar-refractivity contribution in [1.29, 1.82) is 0 Å². The van der Waals surface area contributed by atoms with Gasteiger partial charge < -0.3 is 15.2 Å². The van der Waals surface area contributed by atoms with Crippen LogP contribution in [0.25, 0.3) is 11.1 Å². The molecule has 2 rings (SSSR count). The summed E-state index contributed by atoms with van der Waals surface area (Å²) in [6.45, 7) is 2.00. The van der Waals surface area contributed by atoms with Crippen molar-refractivity contribution in [2.24, 2.45) is 0 Å². The van der Waals surface area contributed by atoms with E-state index in [4.69, 9.17) is 15.2 Å². The maximum absolute atomic E-state index is 5.95. The lowest BCUT2D eigenvalue weighted by Gasteiger charge is -2.13. The highest BCUT2D eigenvalue weighted by atomic mass is 16.5. The minimum absolute atomic E-state index is 0.775. The van der Waals surface area contributed by atoms with Gasteiger partial charge in [0.1, 0.15) is 11.5 Å². The number of hydrogen-bond donors (Lipinski definition) is 1. The number of ether oxygens (including phenoxy) is 2. The minimum atomic E-state index is 0.775. The standard InChI is InChI=1S/C15H17NO2/c1-10-12(5-4-6-14(10)16)13-9-11(17-2)7-8-15(13)18-3/h4-9H,16H2,1-3H3. The highest BCUT2D eigenvalue weighted by Crippen LogP contribution is 2.36. The average molecular weight is 243 g/mol. The lowest BCUT2D eigenvalue weighted by Crippen LogP contribution is -1.95. The summed E-state index contributed by atoms with van der Waals surface area (Å²) >= 11 is 0. The Labute approximate surface area is 107 Å². The molecule has 94 valence electrons. The van der Waals surface area contributed by atoms with E-state index in [1.54, 1.807) is 14.2 Å². The molecule has 0 fully saturated rings. The Kier molecular flexibility index (Phi) is 3.42. The number of nitrogens with two attached hydrogens (primary N) is 1. The van der Waals surface area contributed by atoms with Crippen molar-refractivity contribution in [1.82, 2.24) is 0 Å². The number of anilines is 1. The Balaban J connectivity index is 2.64. The molecule has 0 aromatic heterocycles. The quantitative estimate of drug-likeness (QED) is 0.841. The Morgan fingerprint density at radius 1 is 0.944 bits per heavy atom. The van der Waals surface area contributed by atoms with Gasteiger partial charge in [-0.3, -0.25) is 0 Å². The number of methoxy groups -OCH3 is 2. The third kappa shape index (κ3) is 2.12. The van der Waals surface area contributed by atoms with Crippen LogP contribution in [-0.2, 0) is 0 Å². The summed E-state index contributed by atoms with van der Waals surface area (Å²) in [5.74, 6) is 1.61. The third-order valence-electron chi connectivity index (χ3n) is 3.07. The summed E-state index contributed by atoms with van der Waals surface area (Å²) < 4.78 is 10.7. The van der Waals surface area contributed by atoms with Crippen LogP contribution in [-0.4, -0.2) is 14.2 Å². The second-order valence-corrected chi connectivity index (χ2v) is 4.09. The minimum Gasteiger partial charge on any atom is -0.497 e. The molecular formula is C15H17NO2.